The summed E-state index contributed by atoms with van der Waals surface area (Å²) in [4.78, 5) is 23.0. The summed E-state index contributed by atoms with van der Waals surface area (Å²) in [5.74, 6) is 0.345. The number of rotatable bonds is 4. The number of nitrogens with zero attached hydrogens (tertiary/aromatic N) is 4. The van der Waals surface area contributed by atoms with Crippen molar-refractivity contribution in [2.45, 2.75) is 13.1 Å². The third-order valence-electron chi connectivity index (χ3n) is 4.43. The van der Waals surface area contributed by atoms with Crippen LogP contribution < -0.4 is 5.32 Å². The number of piperazine rings is 1. The lowest BCUT2D eigenvalue weighted by molar-refractivity contribution is -0.132. The molecule has 0 unspecified atom stereocenters. The first kappa shape index (κ1) is 16.9. The molecule has 0 spiro atoms. The van der Waals surface area contributed by atoms with E-state index in [-0.39, 0.29) is 10.9 Å². The van der Waals surface area contributed by atoms with Gasteiger partial charge in [0, 0.05) is 19.3 Å². The highest BCUT2D eigenvalue weighted by molar-refractivity contribution is 6.30. The molecule has 1 aromatic carbocycles. The van der Waals surface area contributed by atoms with E-state index < -0.39 is 5.82 Å². The third kappa shape index (κ3) is 3.27. The molecule has 6 nitrogen and oxygen atoms in total. The van der Waals surface area contributed by atoms with E-state index in [1.54, 1.807) is 23.2 Å². The van der Waals surface area contributed by atoms with Gasteiger partial charge < -0.3 is 14.8 Å². The van der Waals surface area contributed by atoms with Gasteiger partial charge in [0.2, 0.25) is 5.91 Å². The molecule has 1 amide bonds. The predicted octanol–water partition coefficient (Wildman–Crippen LogP) is 2.20. The van der Waals surface area contributed by atoms with Crippen molar-refractivity contribution >= 4 is 28.7 Å². The fourth-order valence-electron chi connectivity index (χ4n) is 3.10. The highest BCUT2D eigenvalue weighted by atomic mass is 35.5. The summed E-state index contributed by atoms with van der Waals surface area (Å²) >= 11 is 5.91. The molecule has 0 atom stereocenters. The van der Waals surface area contributed by atoms with Crippen molar-refractivity contribution in [2.75, 3.05) is 19.6 Å². The second-order valence-electron chi connectivity index (χ2n) is 6.20. The van der Waals surface area contributed by atoms with E-state index in [2.05, 4.69) is 15.3 Å². The Kier molecular flexibility index (Phi) is 4.57. The van der Waals surface area contributed by atoms with E-state index in [0.29, 0.717) is 26.2 Å². The average Bonchev–Trinajstić information content (AvgIpc) is 2.98. The van der Waals surface area contributed by atoms with Crippen LogP contribution in [0.2, 0.25) is 5.02 Å². The smallest absolute Gasteiger partial charge is 0.236 e. The topological polar surface area (TPSA) is 63.1 Å². The van der Waals surface area contributed by atoms with Crippen molar-refractivity contribution in [3.63, 3.8) is 0 Å². The van der Waals surface area contributed by atoms with Gasteiger partial charge in [0.15, 0.2) is 5.65 Å². The van der Waals surface area contributed by atoms with Crippen LogP contribution in [0.1, 0.15) is 11.4 Å². The number of amides is 1. The second-order valence-corrected chi connectivity index (χ2v) is 6.61. The summed E-state index contributed by atoms with van der Waals surface area (Å²) in [6.07, 6.45) is 1.71. The molecule has 1 aliphatic heterocycles. The molecule has 0 aliphatic carbocycles. The number of imidazole rings is 1. The van der Waals surface area contributed by atoms with Crippen LogP contribution in [0, 0.1) is 5.82 Å². The van der Waals surface area contributed by atoms with Gasteiger partial charge in [-0.15, -0.1) is 0 Å². The van der Waals surface area contributed by atoms with Gasteiger partial charge in [-0.2, -0.15) is 0 Å². The van der Waals surface area contributed by atoms with Crippen LogP contribution in [0.25, 0.3) is 11.2 Å². The summed E-state index contributed by atoms with van der Waals surface area (Å²) in [6, 6.07) is 8.36. The van der Waals surface area contributed by atoms with E-state index in [4.69, 9.17) is 11.6 Å². The maximum atomic E-state index is 13.4. The van der Waals surface area contributed by atoms with Gasteiger partial charge >= 0.3 is 0 Å². The number of halogens is 2. The van der Waals surface area contributed by atoms with E-state index >= 15 is 0 Å². The van der Waals surface area contributed by atoms with Crippen LogP contribution in [0.5, 0.6) is 0 Å². The summed E-state index contributed by atoms with van der Waals surface area (Å²) in [6.45, 7) is 2.59. The van der Waals surface area contributed by atoms with Crippen LogP contribution in [-0.4, -0.2) is 45.0 Å². The van der Waals surface area contributed by atoms with Crippen molar-refractivity contribution in [1.82, 2.24) is 24.8 Å². The molecule has 1 aliphatic rings. The average molecular weight is 374 g/mol. The van der Waals surface area contributed by atoms with Crippen molar-refractivity contribution < 1.29 is 9.18 Å². The van der Waals surface area contributed by atoms with Gasteiger partial charge in [-0.1, -0.05) is 17.7 Å². The zero-order valence-corrected chi connectivity index (χ0v) is 14.7. The summed E-state index contributed by atoms with van der Waals surface area (Å²) in [7, 11) is 0. The van der Waals surface area contributed by atoms with Crippen molar-refractivity contribution in [3.05, 3.63) is 58.8 Å². The van der Waals surface area contributed by atoms with Crippen molar-refractivity contribution in [2.24, 2.45) is 0 Å². The van der Waals surface area contributed by atoms with E-state index in [1.165, 1.54) is 6.07 Å². The molecule has 1 saturated heterocycles. The quantitative estimate of drug-likeness (QED) is 0.761. The number of fused-ring (bicyclic) bond motifs is 1. The number of benzene rings is 1. The second kappa shape index (κ2) is 7.01. The monoisotopic (exact) mass is 373 g/mol. The molecule has 4 rings (SSSR count). The van der Waals surface area contributed by atoms with E-state index in [9.17, 15) is 9.18 Å². The molecule has 1 fully saturated rings. The number of hydrogen-bond donors (Lipinski definition) is 1. The molecule has 8 heteroatoms. The fraction of sp³-hybridized carbons (Fsp3) is 0.278. The third-order valence-corrected chi connectivity index (χ3v) is 4.72. The normalized spacial score (nSPS) is 15.0. The Morgan fingerprint density at radius 3 is 2.96 bits per heavy atom. The number of nitrogens with one attached hydrogen (secondary N) is 1. The summed E-state index contributed by atoms with van der Waals surface area (Å²) in [5, 5.41) is 3.14. The molecule has 2 aromatic heterocycles. The lowest BCUT2D eigenvalue weighted by atomic mass is 10.2. The van der Waals surface area contributed by atoms with Gasteiger partial charge in [-0.05, 0) is 29.8 Å². The number of pyridine rings is 1. The van der Waals surface area contributed by atoms with Crippen molar-refractivity contribution in [1.29, 1.82) is 0 Å². The Balaban J connectivity index is 1.71. The molecule has 3 aromatic rings. The van der Waals surface area contributed by atoms with Gasteiger partial charge in [0.25, 0.3) is 0 Å². The van der Waals surface area contributed by atoms with Gasteiger partial charge in [0.05, 0.1) is 24.7 Å². The van der Waals surface area contributed by atoms with E-state index in [0.717, 1.165) is 29.1 Å². The molecule has 134 valence electrons. The van der Waals surface area contributed by atoms with Crippen LogP contribution in [0.3, 0.4) is 0 Å². The van der Waals surface area contributed by atoms with Crippen molar-refractivity contribution in [3.8, 4) is 0 Å². The Morgan fingerprint density at radius 2 is 2.15 bits per heavy atom. The lowest BCUT2D eigenvalue weighted by Gasteiger charge is -2.27. The zero-order valence-electron chi connectivity index (χ0n) is 14.0. The standard InChI is InChI=1S/C18H17ClFN5O/c19-13-8-12(3-4-14(13)20)10-25-16(11-24-7-6-21-9-17(24)26)23-15-2-1-5-22-18(15)25/h1-5,8,21H,6-7,9-11H2. The Labute approximate surface area is 154 Å². The van der Waals surface area contributed by atoms with Crippen LogP contribution in [-0.2, 0) is 17.9 Å². The Bertz CT molecular complexity index is 973. The number of aromatic nitrogens is 3. The minimum Gasteiger partial charge on any atom is -0.333 e. The maximum Gasteiger partial charge on any atom is 0.236 e. The van der Waals surface area contributed by atoms with Gasteiger partial charge in [-0.3, -0.25) is 4.79 Å². The number of carbonyl (C=O) groups excluding carboxylic acids is 1. The first-order valence-corrected chi connectivity index (χ1v) is 8.72. The number of hydrogen-bond acceptors (Lipinski definition) is 4. The van der Waals surface area contributed by atoms with E-state index in [1.807, 2.05) is 16.7 Å². The molecular formula is C18H17ClFN5O. The first-order chi connectivity index (χ1) is 12.6. The summed E-state index contributed by atoms with van der Waals surface area (Å²) in [5.41, 5.74) is 2.33. The minimum atomic E-state index is -0.448. The molecule has 0 bridgehead atoms. The fourth-order valence-corrected chi connectivity index (χ4v) is 3.30. The largest absolute Gasteiger partial charge is 0.333 e. The summed E-state index contributed by atoms with van der Waals surface area (Å²) < 4.78 is 15.4. The molecule has 26 heavy (non-hydrogen) atoms. The number of carbonyl (C=O) groups is 1. The van der Waals surface area contributed by atoms with Crippen LogP contribution in [0.4, 0.5) is 4.39 Å². The van der Waals surface area contributed by atoms with Crippen LogP contribution in [0.15, 0.2) is 36.5 Å². The van der Waals surface area contributed by atoms with Gasteiger partial charge in [0.1, 0.15) is 17.2 Å². The molecule has 0 saturated carbocycles. The highest BCUT2D eigenvalue weighted by Gasteiger charge is 2.21. The lowest BCUT2D eigenvalue weighted by Crippen LogP contribution is -2.47. The van der Waals surface area contributed by atoms with Crippen LogP contribution >= 0.6 is 11.6 Å². The predicted molar refractivity (Wildman–Crippen MR) is 96.3 cm³/mol. The molecule has 0 radical (unpaired) electrons. The Morgan fingerprint density at radius 1 is 1.27 bits per heavy atom. The molecular weight excluding hydrogens is 357 g/mol. The minimum absolute atomic E-state index is 0.0487. The van der Waals surface area contributed by atoms with Gasteiger partial charge in [-0.25, -0.2) is 14.4 Å². The molecule has 3 heterocycles. The SMILES string of the molecule is O=C1CNCCN1Cc1nc2cccnc2n1Cc1ccc(F)c(Cl)c1. The maximum absolute atomic E-state index is 13.4. The highest BCUT2D eigenvalue weighted by Crippen LogP contribution is 2.21. The first-order valence-electron chi connectivity index (χ1n) is 8.34. The zero-order chi connectivity index (χ0) is 18.1. The molecule has 1 N–H and O–H groups in total. The Hall–Kier alpha value is -2.51.